The molecule has 6 nitrogen and oxygen atoms in total. The van der Waals surface area contributed by atoms with E-state index in [9.17, 15) is 4.79 Å². The number of para-hydroxylation sites is 1. The number of rotatable bonds is 6. The van der Waals surface area contributed by atoms with Crippen molar-refractivity contribution >= 4 is 5.91 Å². The summed E-state index contributed by atoms with van der Waals surface area (Å²) >= 11 is 0. The lowest BCUT2D eigenvalue weighted by Gasteiger charge is -2.32. The normalized spacial score (nSPS) is 18.6. The number of carbonyl (C=O) groups is 1. The lowest BCUT2D eigenvalue weighted by molar-refractivity contribution is 0.0997. The molecule has 0 bridgehead atoms. The number of nitrogens with zero attached hydrogens (tertiary/aromatic N) is 3. The molecule has 0 aliphatic carbocycles. The third-order valence-electron chi connectivity index (χ3n) is 4.55. The van der Waals surface area contributed by atoms with Crippen LogP contribution in [0.15, 0.2) is 36.5 Å². The topological polar surface area (TPSA) is 84.4 Å². The molecule has 0 spiro atoms. The maximum atomic E-state index is 11.9. The minimum atomic E-state index is -0.431. The number of amides is 1. The summed E-state index contributed by atoms with van der Waals surface area (Å²) in [6, 6.07) is 9.74. The van der Waals surface area contributed by atoms with Crippen LogP contribution in [0.3, 0.4) is 0 Å². The van der Waals surface area contributed by atoms with Crippen LogP contribution >= 0.6 is 0 Å². The van der Waals surface area contributed by atoms with Crippen molar-refractivity contribution < 1.29 is 9.90 Å². The fourth-order valence-electron chi connectivity index (χ4n) is 3.37. The van der Waals surface area contributed by atoms with Crippen LogP contribution in [0.2, 0.25) is 0 Å². The van der Waals surface area contributed by atoms with Crippen LogP contribution in [0, 0.1) is 0 Å². The van der Waals surface area contributed by atoms with Gasteiger partial charge in [-0.2, -0.15) is 5.10 Å². The lowest BCUT2D eigenvalue weighted by atomic mass is 9.92. The molecule has 1 atom stereocenters. The quantitative estimate of drug-likeness (QED) is 0.842. The zero-order valence-electron chi connectivity index (χ0n) is 13.8. The largest absolute Gasteiger partial charge is 0.396 e. The highest BCUT2D eigenvalue weighted by atomic mass is 16.3. The average Bonchev–Trinajstić information content (AvgIpc) is 3.07. The Morgan fingerprint density at radius 1 is 1.33 bits per heavy atom. The Balaban J connectivity index is 1.86. The van der Waals surface area contributed by atoms with Gasteiger partial charge in [-0.15, -0.1) is 0 Å². The number of primary amides is 1. The summed E-state index contributed by atoms with van der Waals surface area (Å²) in [7, 11) is 0. The molecule has 6 heteroatoms. The van der Waals surface area contributed by atoms with Gasteiger partial charge in [0.1, 0.15) is 0 Å². The molecule has 3 N–H and O–H groups in total. The van der Waals surface area contributed by atoms with E-state index in [4.69, 9.17) is 10.8 Å². The molecule has 1 aliphatic heterocycles. The third-order valence-corrected chi connectivity index (χ3v) is 4.55. The Labute approximate surface area is 141 Å². The van der Waals surface area contributed by atoms with Crippen LogP contribution in [-0.4, -0.2) is 51.9 Å². The summed E-state index contributed by atoms with van der Waals surface area (Å²) in [6.07, 6.45) is 4.57. The molecule has 1 saturated heterocycles. The van der Waals surface area contributed by atoms with Crippen molar-refractivity contribution in [3.05, 3.63) is 47.8 Å². The van der Waals surface area contributed by atoms with E-state index in [1.165, 1.54) is 0 Å². The van der Waals surface area contributed by atoms with Crippen LogP contribution in [0.5, 0.6) is 0 Å². The summed E-state index contributed by atoms with van der Waals surface area (Å²) < 4.78 is 1.74. The minimum Gasteiger partial charge on any atom is -0.396 e. The van der Waals surface area contributed by atoms with Gasteiger partial charge in [-0.25, -0.2) is 4.68 Å². The van der Waals surface area contributed by atoms with Gasteiger partial charge in [0.05, 0.1) is 16.9 Å². The van der Waals surface area contributed by atoms with Crippen molar-refractivity contribution in [3.8, 4) is 5.69 Å². The minimum absolute atomic E-state index is 0.199. The highest BCUT2D eigenvalue weighted by Gasteiger charge is 2.27. The molecule has 24 heavy (non-hydrogen) atoms. The zero-order chi connectivity index (χ0) is 16.9. The molecule has 2 aromatic rings. The summed E-state index contributed by atoms with van der Waals surface area (Å²) in [5.74, 6) is -0.232. The van der Waals surface area contributed by atoms with Crippen LogP contribution in [0.25, 0.3) is 5.69 Å². The number of aromatic nitrogens is 2. The van der Waals surface area contributed by atoms with Crippen molar-refractivity contribution in [1.29, 1.82) is 0 Å². The summed E-state index contributed by atoms with van der Waals surface area (Å²) in [5, 5.41) is 13.7. The van der Waals surface area contributed by atoms with Gasteiger partial charge >= 0.3 is 0 Å². The number of aliphatic hydroxyl groups is 1. The molecule has 1 amide bonds. The van der Waals surface area contributed by atoms with Gasteiger partial charge in [-0.3, -0.25) is 4.79 Å². The number of carbonyl (C=O) groups excluding carboxylic acids is 1. The summed E-state index contributed by atoms with van der Waals surface area (Å²) in [5.41, 5.74) is 7.80. The molecule has 3 rings (SSSR count). The van der Waals surface area contributed by atoms with E-state index in [1.807, 2.05) is 30.3 Å². The first kappa shape index (κ1) is 16.7. The van der Waals surface area contributed by atoms with Crippen molar-refractivity contribution in [3.63, 3.8) is 0 Å². The van der Waals surface area contributed by atoms with E-state index in [0.29, 0.717) is 5.56 Å². The number of likely N-dealkylation sites (tertiary alicyclic amines) is 1. The van der Waals surface area contributed by atoms with Gasteiger partial charge in [-0.1, -0.05) is 18.2 Å². The van der Waals surface area contributed by atoms with Crippen LogP contribution in [0.4, 0.5) is 0 Å². The Kier molecular flexibility index (Phi) is 5.27. The number of benzene rings is 1. The molecule has 1 fully saturated rings. The second-order valence-corrected chi connectivity index (χ2v) is 6.29. The van der Waals surface area contributed by atoms with E-state index in [0.717, 1.165) is 50.3 Å². The maximum Gasteiger partial charge on any atom is 0.252 e. The SMILES string of the molecule is NC(=O)c1cn(-c2ccccc2)nc1[C@H]1CCCN(CCCO)C1. The van der Waals surface area contributed by atoms with Crippen molar-refractivity contribution in [2.24, 2.45) is 5.73 Å². The fraction of sp³-hybridized carbons (Fsp3) is 0.444. The van der Waals surface area contributed by atoms with E-state index in [1.54, 1.807) is 10.9 Å². The number of hydrogen-bond acceptors (Lipinski definition) is 4. The van der Waals surface area contributed by atoms with Gasteiger partial charge in [0.15, 0.2) is 0 Å². The van der Waals surface area contributed by atoms with E-state index in [-0.39, 0.29) is 12.5 Å². The van der Waals surface area contributed by atoms with E-state index in [2.05, 4.69) is 10.00 Å². The molecule has 1 aromatic heterocycles. The monoisotopic (exact) mass is 328 g/mol. The van der Waals surface area contributed by atoms with Gasteiger partial charge in [0.2, 0.25) is 0 Å². The first-order valence-electron chi connectivity index (χ1n) is 8.47. The standard InChI is InChI=1S/C18H24N4O2/c19-18(24)16-13-22(15-7-2-1-3-8-15)20-17(16)14-6-4-9-21(12-14)10-5-11-23/h1-3,7-8,13-14,23H,4-6,9-12H2,(H2,19,24)/t14-/m0/s1. The Morgan fingerprint density at radius 2 is 2.12 bits per heavy atom. The molecular weight excluding hydrogens is 304 g/mol. The zero-order valence-corrected chi connectivity index (χ0v) is 13.8. The average molecular weight is 328 g/mol. The van der Waals surface area contributed by atoms with Crippen molar-refractivity contribution in [2.75, 3.05) is 26.2 Å². The second-order valence-electron chi connectivity index (χ2n) is 6.29. The van der Waals surface area contributed by atoms with E-state index < -0.39 is 5.91 Å². The molecule has 1 aromatic carbocycles. The number of aliphatic hydroxyl groups excluding tert-OH is 1. The molecule has 0 radical (unpaired) electrons. The molecule has 0 saturated carbocycles. The van der Waals surface area contributed by atoms with Crippen LogP contribution < -0.4 is 5.73 Å². The smallest absolute Gasteiger partial charge is 0.252 e. The van der Waals surface area contributed by atoms with Crippen LogP contribution in [-0.2, 0) is 0 Å². The number of piperidine rings is 1. The lowest BCUT2D eigenvalue weighted by Crippen LogP contribution is -2.36. The first-order valence-corrected chi connectivity index (χ1v) is 8.47. The highest BCUT2D eigenvalue weighted by molar-refractivity contribution is 5.94. The van der Waals surface area contributed by atoms with Gasteiger partial charge in [0.25, 0.3) is 5.91 Å². The Bertz CT molecular complexity index is 684. The number of nitrogens with two attached hydrogens (primary N) is 1. The molecular formula is C18H24N4O2. The molecule has 2 heterocycles. The Hall–Kier alpha value is -2.18. The van der Waals surface area contributed by atoms with Crippen molar-refractivity contribution in [2.45, 2.75) is 25.2 Å². The fourth-order valence-corrected chi connectivity index (χ4v) is 3.37. The Morgan fingerprint density at radius 3 is 2.83 bits per heavy atom. The van der Waals surface area contributed by atoms with Crippen LogP contribution in [0.1, 0.15) is 41.2 Å². The third kappa shape index (κ3) is 3.66. The predicted molar refractivity (Wildman–Crippen MR) is 92.2 cm³/mol. The van der Waals surface area contributed by atoms with E-state index >= 15 is 0 Å². The molecule has 1 aliphatic rings. The second kappa shape index (κ2) is 7.59. The predicted octanol–water partition coefficient (Wildman–Crippen LogP) is 1.53. The highest BCUT2D eigenvalue weighted by Crippen LogP contribution is 2.29. The number of hydrogen-bond donors (Lipinski definition) is 2. The summed E-state index contributed by atoms with van der Waals surface area (Å²) in [4.78, 5) is 14.2. The molecule has 0 unspecified atom stereocenters. The summed E-state index contributed by atoms with van der Waals surface area (Å²) in [6.45, 7) is 2.96. The maximum absolute atomic E-state index is 11.9. The van der Waals surface area contributed by atoms with Gasteiger partial charge in [-0.05, 0) is 37.9 Å². The van der Waals surface area contributed by atoms with Gasteiger partial charge < -0.3 is 15.7 Å². The molecule has 128 valence electrons. The van der Waals surface area contributed by atoms with Gasteiger partial charge in [0, 0.05) is 31.8 Å². The first-order chi connectivity index (χ1) is 11.7. The van der Waals surface area contributed by atoms with Crippen molar-refractivity contribution in [1.82, 2.24) is 14.7 Å².